The van der Waals surface area contributed by atoms with Crippen LogP contribution in [0.1, 0.15) is 39.2 Å². The van der Waals surface area contributed by atoms with Crippen LogP contribution in [0, 0.1) is 52.8 Å². The second kappa shape index (κ2) is 10.3. The fourth-order valence-electron chi connectivity index (χ4n) is 8.04. The van der Waals surface area contributed by atoms with Crippen molar-refractivity contribution >= 4 is 52.5 Å². The molecular weight excluding hydrogens is 686 g/mol. The highest BCUT2D eigenvalue weighted by Gasteiger charge is 2.77. The summed E-state index contributed by atoms with van der Waals surface area (Å²) >= 11 is 14.3. The number of allylic oxidation sites excluding steroid dienone is 3. The maximum Gasteiger partial charge on any atom is 0.258 e. The van der Waals surface area contributed by atoms with Crippen LogP contribution >= 0.6 is 23.2 Å². The topological polar surface area (TPSA) is 104 Å². The van der Waals surface area contributed by atoms with Crippen LogP contribution in [0.3, 0.4) is 0 Å². The number of hydrogen-bond acceptors (Lipinski definition) is 6. The molecule has 1 saturated carbocycles. The minimum atomic E-state index is -2.65. The van der Waals surface area contributed by atoms with Gasteiger partial charge in [-0.1, -0.05) is 11.6 Å². The van der Waals surface area contributed by atoms with E-state index in [1.807, 2.05) is 0 Å². The minimum Gasteiger partial charge on any atom is -0.508 e. The third kappa shape index (κ3) is 4.00. The van der Waals surface area contributed by atoms with Gasteiger partial charge in [-0.3, -0.25) is 24.1 Å². The van der Waals surface area contributed by atoms with Crippen LogP contribution in [0.5, 0.6) is 11.5 Å². The second-order valence-corrected chi connectivity index (χ2v) is 14.9. The smallest absolute Gasteiger partial charge is 0.258 e. The molecule has 3 heterocycles. The highest BCUT2D eigenvalue weighted by molar-refractivity contribution is 6.58. The van der Waals surface area contributed by atoms with Gasteiger partial charge in [0.25, 0.3) is 11.8 Å². The highest BCUT2D eigenvalue weighted by Crippen LogP contribution is 2.65. The van der Waals surface area contributed by atoms with E-state index in [4.69, 9.17) is 27.9 Å². The van der Waals surface area contributed by atoms with Gasteiger partial charge in [-0.05, 0) is 63.3 Å². The Morgan fingerprint density at radius 3 is 2.15 bits per heavy atom. The molecule has 7 rings (SSSR count). The summed E-state index contributed by atoms with van der Waals surface area (Å²) in [4.78, 5) is 51.8. The zero-order chi connectivity index (χ0) is 35.0. The maximum absolute atomic E-state index is 15.2. The normalized spacial score (nSPS) is 31.2. The highest BCUT2D eigenvalue weighted by atomic mass is 35.5. The van der Waals surface area contributed by atoms with Crippen molar-refractivity contribution in [1.29, 1.82) is 0 Å². The van der Waals surface area contributed by atoms with Gasteiger partial charge in [0, 0.05) is 23.4 Å². The molecule has 2 aliphatic carbocycles. The molecule has 2 saturated heterocycles. The number of carbonyl (C=O) groups excluding carboxylic acids is 4. The van der Waals surface area contributed by atoms with Crippen LogP contribution in [-0.4, -0.2) is 48.9 Å². The van der Waals surface area contributed by atoms with Gasteiger partial charge < -0.3 is 9.84 Å². The van der Waals surface area contributed by atoms with Crippen molar-refractivity contribution in [3.63, 3.8) is 0 Å². The molecule has 252 valence electrons. The lowest BCUT2D eigenvalue weighted by Crippen LogP contribution is -2.61. The van der Waals surface area contributed by atoms with E-state index in [2.05, 4.69) is 0 Å². The van der Waals surface area contributed by atoms with Crippen molar-refractivity contribution in [3.8, 4) is 11.5 Å². The van der Waals surface area contributed by atoms with Gasteiger partial charge in [-0.2, -0.15) is 0 Å². The van der Waals surface area contributed by atoms with Crippen LogP contribution in [0.2, 0.25) is 0 Å². The molecule has 0 aromatic heterocycles. The molecule has 2 aromatic carbocycles. The Morgan fingerprint density at radius 1 is 0.896 bits per heavy atom. The Morgan fingerprint density at radius 2 is 1.52 bits per heavy atom. The number of anilines is 1. The summed E-state index contributed by atoms with van der Waals surface area (Å²) in [6.45, 7) is 5.01. The quantitative estimate of drug-likeness (QED) is 0.106. The van der Waals surface area contributed by atoms with E-state index in [0.29, 0.717) is 16.9 Å². The number of aromatic hydroxyl groups is 1. The SMILES string of the molecule is CC(C)(C)N1C(=O)[C@H]2[C@H](CC=C3[C@H](C4=COc5ccc(O)cc5C4)[C@]4(Cl)C(=O)N(c5c(F)c(F)c(F)c(F)c5F)C(=O)[C@]4(Cl)C[C@H]32)C1=O. The van der Waals surface area contributed by atoms with Gasteiger partial charge in [-0.15, -0.1) is 23.2 Å². The molecular formula is C33H25Cl2F5N2O6. The number of rotatable bonds is 2. The largest absolute Gasteiger partial charge is 0.508 e. The molecule has 5 aliphatic rings. The van der Waals surface area contributed by atoms with Crippen molar-refractivity contribution < 1.29 is 51.0 Å². The number of benzene rings is 2. The molecule has 48 heavy (non-hydrogen) atoms. The van der Waals surface area contributed by atoms with Gasteiger partial charge in [0.15, 0.2) is 33.0 Å². The van der Waals surface area contributed by atoms with Gasteiger partial charge in [0.1, 0.15) is 17.2 Å². The van der Waals surface area contributed by atoms with Crippen LogP contribution in [0.15, 0.2) is 41.7 Å². The van der Waals surface area contributed by atoms with Crippen LogP contribution in [0.25, 0.3) is 0 Å². The maximum atomic E-state index is 15.2. The number of likely N-dealkylation sites (tertiary alicyclic amines) is 1. The van der Waals surface area contributed by atoms with Crippen molar-refractivity contribution in [2.75, 3.05) is 4.90 Å². The van der Waals surface area contributed by atoms with Crippen molar-refractivity contribution in [1.82, 2.24) is 4.90 Å². The molecule has 0 spiro atoms. The van der Waals surface area contributed by atoms with Crippen molar-refractivity contribution in [2.45, 2.75) is 55.3 Å². The van der Waals surface area contributed by atoms with Gasteiger partial charge in [0.2, 0.25) is 17.6 Å². The number of hydrogen-bond donors (Lipinski definition) is 1. The molecule has 4 amide bonds. The first kappa shape index (κ1) is 32.6. The molecule has 8 nitrogen and oxygen atoms in total. The summed E-state index contributed by atoms with van der Waals surface area (Å²) in [5.41, 5.74) is -1.84. The third-order valence-corrected chi connectivity index (χ3v) is 11.5. The molecule has 6 atom stereocenters. The number of halogens is 7. The summed E-state index contributed by atoms with van der Waals surface area (Å²) < 4.78 is 79.0. The first-order valence-corrected chi connectivity index (χ1v) is 15.6. The first-order valence-electron chi connectivity index (χ1n) is 14.9. The number of amides is 4. The monoisotopic (exact) mass is 710 g/mol. The van der Waals surface area contributed by atoms with Crippen LogP contribution in [-0.2, 0) is 25.6 Å². The standard InChI is InChI=1S/C33H25Cl2F5N2O6/c1-31(2,3)42-27(44)16-6-5-15-17(19(16)28(42)45)10-32(34)29(46)41(26-24(39)22(37)21(36)23(38)25(26)40)30(47)33(32,35)20(15)13-8-12-9-14(43)4-7-18(12)48-11-13/h4-5,7,9,11,16-17,19-20,43H,6,8,10H2,1-3H3/t16-,17+,19-,20-,32+,33-/m0/s1. The lowest BCUT2D eigenvalue weighted by Gasteiger charge is -2.51. The van der Waals surface area contributed by atoms with E-state index in [-0.39, 0.29) is 29.1 Å². The summed E-state index contributed by atoms with van der Waals surface area (Å²) in [7, 11) is 0. The number of fused-ring (bicyclic) bond motifs is 5. The Hall–Kier alpha value is -3.97. The molecule has 3 aliphatic heterocycles. The number of phenols is 1. The van der Waals surface area contributed by atoms with Gasteiger partial charge in [0.05, 0.1) is 18.1 Å². The molecule has 0 bridgehead atoms. The summed E-state index contributed by atoms with van der Waals surface area (Å²) in [6.07, 6.45) is 2.23. The Balaban J connectivity index is 1.44. The fourth-order valence-corrected chi connectivity index (χ4v) is 8.99. The Labute approximate surface area is 279 Å². The number of carbonyl (C=O) groups is 4. The van der Waals surface area contributed by atoms with Gasteiger partial charge in [-0.25, -0.2) is 26.9 Å². The lowest BCUT2D eigenvalue weighted by molar-refractivity contribution is -0.145. The second-order valence-electron chi connectivity index (χ2n) is 13.7. The van der Waals surface area contributed by atoms with Crippen molar-refractivity contribution in [2.24, 2.45) is 23.7 Å². The zero-order valence-corrected chi connectivity index (χ0v) is 26.9. The van der Waals surface area contributed by atoms with E-state index in [0.717, 1.165) is 4.90 Å². The molecule has 15 heteroatoms. The third-order valence-electron chi connectivity index (χ3n) is 10.0. The molecule has 1 N–H and O–H groups in total. The van der Waals surface area contributed by atoms with E-state index in [1.54, 1.807) is 26.8 Å². The fraction of sp³-hybridized carbons (Fsp3) is 0.394. The Kier molecular flexibility index (Phi) is 6.97. The van der Waals surface area contributed by atoms with Crippen molar-refractivity contribution in [3.05, 3.63) is 76.3 Å². The number of imide groups is 2. The number of alkyl halides is 2. The minimum absolute atomic E-state index is 0.0292. The van der Waals surface area contributed by atoms with Gasteiger partial charge >= 0.3 is 0 Å². The van der Waals surface area contributed by atoms with E-state index < -0.39 is 104 Å². The zero-order valence-electron chi connectivity index (χ0n) is 25.3. The molecule has 0 unspecified atom stereocenters. The lowest BCUT2D eigenvalue weighted by atomic mass is 9.56. The van der Waals surface area contributed by atoms with Crippen LogP contribution in [0.4, 0.5) is 27.6 Å². The summed E-state index contributed by atoms with van der Waals surface area (Å²) in [5, 5.41) is 10.1. The summed E-state index contributed by atoms with van der Waals surface area (Å²) in [5.74, 6) is -20.6. The first-order chi connectivity index (χ1) is 22.4. The predicted octanol–water partition coefficient (Wildman–Crippen LogP) is 5.80. The van der Waals surface area contributed by atoms with E-state index in [9.17, 15) is 37.5 Å². The Bertz CT molecular complexity index is 1930. The molecule has 2 aromatic rings. The average Bonchev–Trinajstić information content (AvgIpc) is 3.37. The number of nitrogens with zero attached hydrogens (tertiary/aromatic N) is 2. The van der Waals surface area contributed by atoms with E-state index >= 15 is 8.78 Å². The van der Waals surface area contributed by atoms with E-state index in [1.165, 1.54) is 24.5 Å². The average molecular weight is 711 g/mol. The molecule has 0 radical (unpaired) electrons. The summed E-state index contributed by atoms with van der Waals surface area (Å²) in [6, 6.07) is 4.23. The molecule has 3 fully saturated rings. The van der Waals surface area contributed by atoms with Crippen LogP contribution < -0.4 is 9.64 Å². The number of phenolic OH excluding ortho intramolecular Hbond substituents is 1. The predicted molar refractivity (Wildman–Crippen MR) is 159 cm³/mol. The number of ether oxygens (including phenoxy) is 1.